The fourth-order valence-electron chi connectivity index (χ4n) is 3.04. The minimum atomic E-state index is -4.01. The highest BCUT2D eigenvalue weighted by Crippen LogP contribution is 2.21. The lowest BCUT2D eigenvalue weighted by Gasteiger charge is -2.11. The van der Waals surface area contributed by atoms with Gasteiger partial charge in [-0.15, -0.1) is 0 Å². The lowest BCUT2D eigenvalue weighted by Crippen LogP contribution is -2.15. The zero-order chi connectivity index (χ0) is 22.0. The Morgan fingerprint density at radius 2 is 1.77 bits per heavy atom. The Kier molecular flexibility index (Phi) is 5.39. The predicted molar refractivity (Wildman–Crippen MR) is 118 cm³/mol. The second-order valence-corrected chi connectivity index (χ2v) is 8.64. The first-order valence-electron chi connectivity index (χ1n) is 9.37. The second-order valence-electron chi connectivity index (χ2n) is 6.96. The summed E-state index contributed by atoms with van der Waals surface area (Å²) in [5, 5.41) is 3.67. The lowest BCUT2D eigenvalue weighted by molar-refractivity contribution is 0.102. The van der Waals surface area contributed by atoms with Crippen LogP contribution in [0.3, 0.4) is 0 Å². The number of rotatable bonds is 5. The normalized spacial score (nSPS) is 11.3. The molecule has 0 unspecified atom stereocenters. The van der Waals surface area contributed by atoms with E-state index in [2.05, 4.69) is 15.0 Å². The van der Waals surface area contributed by atoms with Gasteiger partial charge in [-0.3, -0.25) is 14.5 Å². The van der Waals surface area contributed by atoms with E-state index in [1.54, 1.807) is 43.5 Å². The number of pyridine rings is 1. The third-order valence-electron chi connectivity index (χ3n) is 4.69. The van der Waals surface area contributed by atoms with Crippen LogP contribution in [0.15, 0.2) is 83.9 Å². The molecule has 0 aliphatic heterocycles. The van der Waals surface area contributed by atoms with Gasteiger partial charge in [0.2, 0.25) is 0 Å². The van der Waals surface area contributed by atoms with Gasteiger partial charge in [-0.25, -0.2) is 12.8 Å². The molecule has 4 aromatic rings. The summed E-state index contributed by atoms with van der Waals surface area (Å²) in [6.07, 6.45) is 1.69. The van der Waals surface area contributed by atoms with E-state index in [1.807, 2.05) is 12.1 Å². The van der Waals surface area contributed by atoms with Gasteiger partial charge < -0.3 is 5.32 Å². The lowest BCUT2D eigenvalue weighted by atomic mass is 10.1. The van der Waals surface area contributed by atoms with Crippen molar-refractivity contribution in [1.82, 2.24) is 4.98 Å². The Morgan fingerprint density at radius 3 is 2.58 bits per heavy atom. The van der Waals surface area contributed by atoms with Crippen molar-refractivity contribution in [2.45, 2.75) is 11.8 Å². The fourth-order valence-corrected chi connectivity index (χ4v) is 4.10. The Labute approximate surface area is 178 Å². The number of amides is 1. The number of nitrogens with one attached hydrogen (secondary N) is 2. The molecular weight excluding hydrogens is 417 g/mol. The molecule has 156 valence electrons. The molecule has 2 N–H and O–H groups in total. The second kappa shape index (κ2) is 8.16. The summed E-state index contributed by atoms with van der Waals surface area (Å²) in [6.45, 7) is 1.55. The van der Waals surface area contributed by atoms with Gasteiger partial charge in [-0.1, -0.05) is 18.2 Å². The molecule has 4 rings (SSSR count). The Morgan fingerprint density at radius 1 is 0.935 bits per heavy atom. The van der Waals surface area contributed by atoms with E-state index >= 15 is 0 Å². The van der Waals surface area contributed by atoms with Gasteiger partial charge >= 0.3 is 0 Å². The number of halogens is 1. The highest BCUT2D eigenvalue weighted by molar-refractivity contribution is 7.92. The number of anilines is 2. The van der Waals surface area contributed by atoms with Crippen LogP contribution in [-0.4, -0.2) is 19.3 Å². The van der Waals surface area contributed by atoms with Crippen molar-refractivity contribution >= 4 is 38.2 Å². The Hall–Kier alpha value is -3.78. The van der Waals surface area contributed by atoms with Crippen LogP contribution < -0.4 is 10.0 Å². The number of carbonyl (C=O) groups is 1. The van der Waals surface area contributed by atoms with E-state index in [0.717, 1.165) is 17.0 Å². The summed E-state index contributed by atoms with van der Waals surface area (Å²) >= 11 is 0. The summed E-state index contributed by atoms with van der Waals surface area (Å²) < 4.78 is 41.3. The van der Waals surface area contributed by atoms with Gasteiger partial charge in [0.05, 0.1) is 10.4 Å². The van der Waals surface area contributed by atoms with Crippen LogP contribution in [-0.2, 0) is 10.0 Å². The summed E-state index contributed by atoms with van der Waals surface area (Å²) in [4.78, 5) is 16.7. The molecule has 0 bridgehead atoms. The van der Waals surface area contributed by atoms with Crippen molar-refractivity contribution < 1.29 is 17.6 Å². The minimum absolute atomic E-state index is 0.191. The standard InChI is InChI=1S/C23H18FN3O3S/c1-15-7-9-20(14-21(15)24)31(29,30)27-19-6-2-4-17(13-19)23(28)26-18-8-10-22-16(12-18)5-3-11-25-22/h2-14,27H,1H3,(H,26,28). The first-order chi connectivity index (χ1) is 14.8. The number of benzene rings is 3. The summed E-state index contributed by atoms with van der Waals surface area (Å²) in [5.74, 6) is -1.01. The first kappa shape index (κ1) is 20.5. The number of carbonyl (C=O) groups excluding carboxylic acids is 1. The number of hydrogen-bond donors (Lipinski definition) is 2. The van der Waals surface area contributed by atoms with E-state index in [0.29, 0.717) is 11.3 Å². The molecule has 0 atom stereocenters. The number of fused-ring (bicyclic) bond motifs is 1. The third kappa shape index (κ3) is 4.54. The number of sulfonamides is 1. The summed E-state index contributed by atoms with van der Waals surface area (Å²) in [6, 6.07) is 18.8. The fraction of sp³-hybridized carbons (Fsp3) is 0.0435. The van der Waals surface area contributed by atoms with Crippen LogP contribution in [0.1, 0.15) is 15.9 Å². The van der Waals surface area contributed by atoms with Crippen LogP contribution >= 0.6 is 0 Å². The SMILES string of the molecule is Cc1ccc(S(=O)(=O)Nc2cccc(C(=O)Nc3ccc4ncccc4c3)c2)cc1F. The number of hydrogen-bond acceptors (Lipinski definition) is 4. The van der Waals surface area contributed by atoms with E-state index < -0.39 is 21.7 Å². The molecule has 0 saturated heterocycles. The van der Waals surface area contributed by atoms with Crippen molar-refractivity contribution in [3.8, 4) is 0 Å². The molecule has 31 heavy (non-hydrogen) atoms. The number of aryl methyl sites for hydroxylation is 1. The Bertz CT molecular complexity index is 1400. The molecule has 0 spiro atoms. The van der Waals surface area contributed by atoms with Crippen LogP contribution in [0.5, 0.6) is 0 Å². The van der Waals surface area contributed by atoms with Gasteiger partial charge in [-0.05, 0) is 67.1 Å². The molecule has 0 radical (unpaired) electrons. The quantitative estimate of drug-likeness (QED) is 0.474. The summed E-state index contributed by atoms with van der Waals surface area (Å²) in [7, 11) is -4.01. The van der Waals surface area contributed by atoms with E-state index in [4.69, 9.17) is 0 Å². The van der Waals surface area contributed by atoms with Crippen LogP contribution in [0.2, 0.25) is 0 Å². The van der Waals surface area contributed by atoms with Crippen molar-refractivity contribution in [1.29, 1.82) is 0 Å². The van der Waals surface area contributed by atoms with Crippen LogP contribution in [0.25, 0.3) is 10.9 Å². The summed E-state index contributed by atoms with van der Waals surface area (Å²) in [5.41, 5.74) is 2.20. The van der Waals surface area contributed by atoms with Gasteiger partial charge in [0, 0.05) is 28.5 Å². The molecule has 1 heterocycles. The third-order valence-corrected chi connectivity index (χ3v) is 6.07. The molecule has 1 amide bonds. The van der Waals surface area contributed by atoms with Gasteiger partial charge in [0.1, 0.15) is 5.82 Å². The maximum absolute atomic E-state index is 13.8. The van der Waals surface area contributed by atoms with E-state index in [1.165, 1.54) is 24.3 Å². The van der Waals surface area contributed by atoms with E-state index in [-0.39, 0.29) is 16.1 Å². The topological polar surface area (TPSA) is 88.2 Å². The molecule has 8 heteroatoms. The monoisotopic (exact) mass is 435 g/mol. The van der Waals surface area contributed by atoms with Gasteiger partial charge in [0.25, 0.3) is 15.9 Å². The van der Waals surface area contributed by atoms with E-state index in [9.17, 15) is 17.6 Å². The van der Waals surface area contributed by atoms with Crippen molar-refractivity contribution in [2.24, 2.45) is 0 Å². The average Bonchev–Trinajstić information content (AvgIpc) is 2.75. The molecule has 0 saturated carbocycles. The average molecular weight is 435 g/mol. The zero-order valence-electron chi connectivity index (χ0n) is 16.5. The van der Waals surface area contributed by atoms with Crippen LogP contribution in [0.4, 0.5) is 15.8 Å². The molecule has 0 aliphatic carbocycles. The van der Waals surface area contributed by atoms with Crippen molar-refractivity contribution in [3.05, 3.63) is 95.9 Å². The maximum Gasteiger partial charge on any atom is 0.261 e. The van der Waals surface area contributed by atoms with Crippen LogP contribution in [0, 0.1) is 12.7 Å². The maximum atomic E-state index is 13.8. The van der Waals surface area contributed by atoms with Gasteiger partial charge in [0.15, 0.2) is 0 Å². The molecule has 0 aliphatic rings. The molecular formula is C23H18FN3O3S. The minimum Gasteiger partial charge on any atom is -0.322 e. The van der Waals surface area contributed by atoms with Crippen molar-refractivity contribution in [2.75, 3.05) is 10.0 Å². The number of nitrogens with zero attached hydrogens (tertiary/aromatic N) is 1. The zero-order valence-corrected chi connectivity index (χ0v) is 17.3. The van der Waals surface area contributed by atoms with Crippen molar-refractivity contribution in [3.63, 3.8) is 0 Å². The smallest absolute Gasteiger partial charge is 0.261 e. The molecule has 3 aromatic carbocycles. The molecule has 6 nitrogen and oxygen atoms in total. The highest BCUT2D eigenvalue weighted by Gasteiger charge is 2.17. The molecule has 0 fully saturated rings. The Balaban J connectivity index is 1.54. The molecule has 1 aromatic heterocycles. The first-order valence-corrected chi connectivity index (χ1v) is 10.9. The largest absolute Gasteiger partial charge is 0.322 e. The van der Waals surface area contributed by atoms with Gasteiger partial charge in [-0.2, -0.15) is 0 Å². The predicted octanol–water partition coefficient (Wildman–Crippen LogP) is 4.74. The highest BCUT2D eigenvalue weighted by atomic mass is 32.2. The number of aromatic nitrogens is 1.